The molecule has 0 saturated heterocycles. The lowest BCUT2D eigenvalue weighted by Crippen LogP contribution is -2.08. The van der Waals surface area contributed by atoms with E-state index in [0.717, 1.165) is 12.1 Å². The highest BCUT2D eigenvalue weighted by atomic mass is 79.9. The SMILES string of the molecule is Fc1ccc(C(Br)CCC(F)(F)F)cc1F. The molecular formula is C10H8BrF5. The van der Waals surface area contributed by atoms with Gasteiger partial charge in [-0.3, -0.25) is 0 Å². The summed E-state index contributed by atoms with van der Waals surface area (Å²) in [6.45, 7) is 0. The average Bonchev–Trinajstić information content (AvgIpc) is 2.17. The highest BCUT2D eigenvalue weighted by Gasteiger charge is 2.28. The average molecular weight is 303 g/mol. The molecule has 0 radical (unpaired) electrons. The van der Waals surface area contributed by atoms with Crippen LogP contribution in [-0.4, -0.2) is 6.18 Å². The molecule has 0 bridgehead atoms. The van der Waals surface area contributed by atoms with Gasteiger partial charge in [0.05, 0.1) is 0 Å². The first-order valence-corrected chi connectivity index (χ1v) is 5.37. The van der Waals surface area contributed by atoms with Crippen molar-refractivity contribution in [1.29, 1.82) is 0 Å². The van der Waals surface area contributed by atoms with Crippen molar-refractivity contribution < 1.29 is 22.0 Å². The fourth-order valence-electron chi connectivity index (χ4n) is 1.16. The van der Waals surface area contributed by atoms with Gasteiger partial charge in [-0.2, -0.15) is 13.2 Å². The maximum absolute atomic E-state index is 12.8. The van der Waals surface area contributed by atoms with Gasteiger partial charge in [-0.05, 0) is 24.1 Å². The molecule has 0 aliphatic heterocycles. The molecule has 0 heterocycles. The van der Waals surface area contributed by atoms with Crippen molar-refractivity contribution >= 4 is 15.9 Å². The Bertz CT molecular complexity index is 361. The molecule has 0 spiro atoms. The van der Waals surface area contributed by atoms with E-state index in [2.05, 4.69) is 15.9 Å². The summed E-state index contributed by atoms with van der Waals surface area (Å²) in [6, 6.07) is 3.05. The molecule has 0 aliphatic carbocycles. The number of hydrogen-bond acceptors (Lipinski definition) is 0. The van der Waals surface area contributed by atoms with Gasteiger partial charge in [0.1, 0.15) is 0 Å². The largest absolute Gasteiger partial charge is 0.389 e. The van der Waals surface area contributed by atoms with Gasteiger partial charge < -0.3 is 0 Å². The Morgan fingerprint density at radius 1 is 1.12 bits per heavy atom. The van der Waals surface area contributed by atoms with E-state index in [4.69, 9.17) is 0 Å². The van der Waals surface area contributed by atoms with Gasteiger partial charge in [0.15, 0.2) is 11.6 Å². The van der Waals surface area contributed by atoms with Gasteiger partial charge in [0, 0.05) is 11.2 Å². The summed E-state index contributed by atoms with van der Waals surface area (Å²) in [5.74, 6) is -2.08. The number of benzene rings is 1. The van der Waals surface area contributed by atoms with Crippen molar-refractivity contribution in [3.8, 4) is 0 Å². The Labute approximate surface area is 97.6 Å². The quantitative estimate of drug-likeness (QED) is 0.559. The Morgan fingerprint density at radius 2 is 1.75 bits per heavy atom. The lowest BCUT2D eigenvalue weighted by Gasteiger charge is -2.12. The zero-order valence-electron chi connectivity index (χ0n) is 7.99. The standard InChI is InChI=1S/C10H8BrF5/c11-7(3-4-10(14,15)16)6-1-2-8(12)9(13)5-6/h1-2,5,7H,3-4H2. The fraction of sp³-hybridized carbons (Fsp3) is 0.400. The van der Waals surface area contributed by atoms with Crippen LogP contribution in [0.1, 0.15) is 23.2 Å². The summed E-state index contributed by atoms with van der Waals surface area (Å²) >= 11 is 3.01. The highest BCUT2D eigenvalue weighted by molar-refractivity contribution is 9.09. The van der Waals surface area contributed by atoms with E-state index in [0.29, 0.717) is 5.56 Å². The number of rotatable bonds is 3. The van der Waals surface area contributed by atoms with Crippen LogP contribution in [0.4, 0.5) is 22.0 Å². The van der Waals surface area contributed by atoms with Crippen molar-refractivity contribution in [1.82, 2.24) is 0 Å². The first-order valence-electron chi connectivity index (χ1n) is 4.45. The van der Waals surface area contributed by atoms with E-state index in [9.17, 15) is 22.0 Å². The minimum Gasteiger partial charge on any atom is -0.204 e. The highest BCUT2D eigenvalue weighted by Crippen LogP contribution is 2.33. The second-order valence-electron chi connectivity index (χ2n) is 3.29. The first kappa shape index (κ1) is 13.4. The van der Waals surface area contributed by atoms with Crippen LogP contribution >= 0.6 is 15.9 Å². The number of alkyl halides is 4. The molecule has 0 nitrogen and oxygen atoms in total. The molecule has 1 unspecified atom stereocenters. The Balaban J connectivity index is 2.66. The minimum absolute atomic E-state index is 0.214. The van der Waals surface area contributed by atoms with Crippen molar-refractivity contribution in [2.45, 2.75) is 23.8 Å². The minimum atomic E-state index is -4.25. The van der Waals surface area contributed by atoms with Crippen LogP contribution in [0, 0.1) is 11.6 Å². The smallest absolute Gasteiger partial charge is 0.204 e. The predicted octanol–water partition coefficient (Wildman–Crippen LogP) is 4.74. The van der Waals surface area contributed by atoms with Gasteiger partial charge in [-0.1, -0.05) is 22.0 Å². The zero-order valence-corrected chi connectivity index (χ0v) is 9.58. The van der Waals surface area contributed by atoms with Gasteiger partial charge in [0.25, 0.3) is 0 Å². The molecular weight excluding hydrogens is 295 g/mol. The predicted molar refractivity (Wildman–Crippen MR) is 53.3 cm³/mol. The summed E-state index contributed by atoms with van der Waals surface area (Å²) < 4.78 is 61.1. The lowest BCUT2D eigenvalue weighted by molar-refractivity contribution is -0.135. The molecule has 1 aromatic rings. The van der Waals surface area contributed by atoms with Crippen LogP contribution in [0.5, 0.6) is 0 Å². The third-order valence-corrected chi connectivity index (χ3v) is 2.97. The van der Waals surface area contributed by atoms with Crippen molar-refractivity contribution in [3.05, 3.63) is 35.4 Å². The van der Waals surface area contributed by atoms with Crippen LogP contribution in [0.25, 0.3) is 0 Å². The molecule has 1 rings (SSSR count). The maximum Gasteiger partial charge on any atom is 0.389 e. The maximum atomic E-state index is 12.8. The van der Waals surface area contributed by atoms with Gasteiger partial charge in [-0.15, -0.1) is 0 Å². The van der Waals surface area contributed by atoms with Crippen LogP contribution < -0.4 is 0 Å². The third kappa shape index (κ3) is 4.08. The molecule has 1 aromatic carbocycles. The van der Waals surface area contributed by atoms with Crippen molar-refractivity contribution in [3.63, 3.8) is 0 Å². The van der Waals surface area contributed by atoms with Gasteiger partial charge in [-0.25, -0.2) is 8.78 Å². The lowest BCUT2D eigenvalue weighted by atomic mass is 10.1. The number of hydrogen-bond donors (Lipinski definition) is 0. The van der Waals surface area contributed by atoms with E-state index in [1.165, 1.54) is 6.07 Å². The second-order valence-corrected chi connectivity index (χ2v) is 4.40. The molecule has 90 valence electrons. The van der Waals surface area contributed by atoms with E-state index in [-0.39, 0.29) is 6.42 Å². The molecule has 1 atom stereocenters. The van der Waals surface area contributed by atoms with Crippen LogP contribution in [0.2, 0.25) is 0 Å². The molecule has 0 amide bonds. The summed E-state index contributed by atoms with van der Waals surface area (Å²) in [6.07, 6.45) is -5.43. The molecule has 0 saturated carbocycles. The van der Waals surface area contributed by atoms with E-state index >= 15 is 0 Å². The topological polar surface area (TPSA) is 0 Å². The van der Waals surface area contributed by atoms with E-state index in [1.807, 2.05) is 0 Å². The van der Waals surface area contributed by atoms with E-state index < -0.39 is 29.1 Å². The first-order chi connectivity index (χ1) is 7.29. The summed E-state index contributed by atoms with van der Waals surface area (Å²) in [7, 11) is 0. The summed E-state index contributed by atoms with van der Waals surface area (Å²) in [5, 5.41) is 0. The number of halogens is 6. The van der Waals surface area contributed by atoms with Crippen molar-refractivity contribution in [2.75, 3.05) is 0 Å². The Hall–Kier alpha value is -0.650. The van der Waals surface area contributed by atoms with Gasteiger partial charge in [0.2, 0.25) is 0 Å². The molecule has 16 heavy (non-hydrogen) atoms. The van der Waals surface area contributed by atoms with Crippen molar-refractivity contribution in [2.24, 2.45) is 0 Å². The summed E-state index contributed by atoms with van der Waals surface area (Å²) in [4.78, 5) is -0.635. The summed E-state index contributed by atoms with van der Waals surface area (Å²) in [5.41, 5.74) is 0.295. The molecule has 0 fully saturated rings. The van der Waals surface area contributed by atoms with E-state index in [1.54, 1.807) is 0 Å². The zero-order chi connectivity index (χ0) is 12.3. The molecule has 0 aliphatic rings. The molecule has 0 aromatic heterocycles. The van der Waals surface area contributed by atoms with Gasteiger partial charge >= 0.3 is 6.18 Å². The van der Waals surface area contributed by atoms with Crippen LogP contribution in [0.3, 0.4) is 0 Å². The molecule has 0 N–H and O–H groups in total. The third-order valence-electron chi connectivity index (χ3n) is 1.99. The molecule has 6 heteroatoms. The van der Waals surface area contributed by atoms with Crippen LogP contribution in [-0.2, 0) is 0 Å². The Morgan fingerprint density at radius 3 is 2.25 bits per heavy atom. The normalized spacial score (nSPS) is 13.9. The van der Waals surface area contributed by atoms with Crippen LogP contribution in [0.15, 0.2) is 18.2 Å². The monoisotopic (exact) mass is 302 g/mol. The Kier molecular flexibility index (Phi) is 4.29. The second kappa shape index (κ2) is 5.12. The fourth-order valence-corrected chi connectivity index (χ4v) is 1.68.